The maximum Gasteiger partial charge on any atom is 0.299 e. The summed E-state index contributed by atoms with van der Waals surface area (Å²) in [6, 6.07) is 106. The summed E-state index contributed by atoms with van der Waals surface area (Å²) in [5.74, 6) is 0.324. The predicted octanol–water partition coefficient (Wildman–Crippen LogP) is 20.5. The van der Waals surface area contributed by atoms with Crippen molar-refractivity contribution in [3.05, 3.63) is 407 Å². The molecule has 10 heterocycles. The third-order valence-electron chi connectivity index (χ3n) is 17.5. The molecule has 0 saturated heterocycles. The van der Waals surface area contributed by atoms with Crippen LogP contribution >= 0.6 is 11.3 Å². The minimum atomic E-state index is -0.537. The molecule has 0 aliphatic carbocycles. The summed E-state index contributed by atoms with van der Waals surface area (Å²) in [4.78, 5) is 69.5. The van der Waals surface area contributed by atoms with E-state index in [1.54, 1.807) is 161 Å². The molecule has 0 bridgehead atoms. The van der Waals surface area contributed by atoms with E-state index in [2.05, 4.69) is 121 Å². The van der Waals surface area contributed by atoms with E-state index < -0.39 is 12.2 Å². The van der Waals surface area contributed by atoms with Crippen molar-refractivity contribution in [3.8, 4) is 33.1 Å². The molecule has 27 heteroatoms. The van der Waals surface area contributed by atoms with Crippen LogP contribution in [0.3, 0.4) is 0 Å². The van der Waals surface area contributed by atoms with Crippen LogP contribution in [0.1, 0.15) is 53.7 Å². The fraction of sp³-hybridized carbons (Fsp3) is 0.117. The largest absolute Gasteiger partial charge is 0.513 e. The van der Waals surface area contributed by atoms with Crippen LogP contribution in [0, 0.1) is 49.4 Å². The summed E-state index contributed by atoms with van der Waals surface area (Å²) in [7, 11) is 3.75. The van der Waals surface area contributed by atoms with Gasteiger partial charge >= 0.3 is 0 Å². The van der Waals surface area contributed by atoms with Crippen molar-refractivity contribution in [1.29, 1.82) is 1.34 Å². The molecule has 20 rings (SSSR count). The summed E-state index contributed by atoms with van der Waals surface area (Å²) in [6.07, 6.45) is 11.8. The molecule has 20 aromatic rings. The molecule has 10 aromatic carbocycles. The second-order valence-electron chi connectivity index (χ2n) is 27.6. The second-order valence-corrected chi connectivity index (χ2v) is 28.6. The van der Waals surface area contributed by atoms with Crippen molar-refractivity contribution in [3.63, 3.8) is 0 Å². The number of rotatable bonds is 7. The van der Waals surface area contributed by atoms with Gasteiger partial charge in [-0.1, -0.05) is 71.4 Å². The maximum atomic E-state index is 11.6. The van der Waals surface area contributed by atoms with Crippen molar-refractivity contribution in [2.45, 2.75) is 79.3 Å². The molecule has 130 heavy (non-hydrogen) atoms. The van der Waals surface area contributed by atoms with Crippen molar-refractivity contribution >= 4 is 128 Å². The molecule has 0 saturated carbocycles. The van der Waals surface area contributed by atoms with Crippen LogP contribution in [0.15, 0.2) is 355 Å². The fourth-order valence-corrected chi connectivity index (χ4v) is 13.3. The Bertz CT molecular complexity index is 6580. The molecule has 4 unspecified atom stereocenters. The zero-order chi connectivity index (χ0) is 89.7. The molecular formula is C103H86BIr5N8O12S-7. The van der Waals surface area contributed by atoms with Gasteiger partial charge in [0.05, 0.1) is 52.7 Å². The topological polar surface area (TPSA) is 315 Å². The number of pyridine rings is 5. The number of benzene rings is 10. The summed E-state index contributed by atoms with van der Waals surface area (Å²) in [5, 5.41) is 60.3. The van der Waals surface area contributed by atoms with Crippen LogP contribution in [0.25, 0.3) is 141 Å². The van der Waals surface area contributed by atoms with Gasteiger partial charge in [0.15, 0.2) is 0 Å². The van der Waals surface area contributed by atoms with Gasteiger partial charge in [-0.05, 0) is 162 Å². The molecule has 4 atom stereocenters. The first-order valence-electron chi connectivity index (χ1n) is 39.8. The maximum absolute atomic E-state index is 11.6. The molecule has 0 aliphatic rings. The van der Waals surface area contributed by atoms with E-state index in [4.69, 9.17) is 45.2 Å². The van der Waals surface area contributed by atoms with Gasteiger partial charge in [-0.25, -0.2) is 0 Å². The Hall–Kier alpha value is -11.7. The van der Waals surface area contributed by atoms with Crippen LogP contribution in [-0.2, 0) is 101 Å². The molecule has 671 valence electrons. The van der Waals surface area contributed by atoms with Crippen molar-refractivity contribution in [2.75, 3.05) is 0 Å². The Labute approximate surface area is 825 Å². The van der Waals surface area contributed by atoms with E-state index in [0.717, 1.165) is 66.1 Å². The molecule has 6 N–H and O–H groups in total. The quantitative estimate of drug-likeness (QED) is 0.0374. The molecular weight excluding hydrogens is 2550 g/mol. The molecule has 20 nitrogen and oxygen atoms in total. The molecule has 0 amide bonds. The summed E-state index contributed by atoms with van der Waals surface area (Å²) >= 11 is 1.71. The first kappa shape index (κ1) is 107. The summed E-state index contributed by atoms with van der Waals surface area (Å²) in [6.45, 7) is 11.5. The van der Waals surface area contributed by atoms with E-state index in [1.165, 1.54) is 41.5 Å². The number of hydrogen-bond donors (Lipinski definition) is 6. The van der Waals surface area contributed by atoms with E-state index in [9.17, 15) is 14.4 Å². The number of aromatic nitrogens is 8. The molecule has 0 spiro atoms. The van der Waals surface area contributed by atoms with Crippen LogP contribution < -0.4 is 16.9 Å². The standard InChI is InChI=1S/C17H11N2.C13H8NS.3C12H6NO2.2C11H8N.C5H12O2.2C5H10O2.BH.5Ir/c1-11-10-18-16-14-8-4-2-6-12(14)13-7-3-5-9-15(13)17(16)19-11;1-2-6-10(7-3-1)13-14-11-8-4-5-9-12(11)15-13;3*14-12-9-5-2-1-4-8(9)11-10(15-12)6-3-7-13-11;2*1-2-6-10(7-3-1)11-8-4-5-9-12-11;3*1-4(6)3-5(2)7;;;;;;/h2-7,9-10H,1H3;1-6,8-9H;3*1-3,5-7H;2*1-6,8-9H;4-7H,3H2,1-2H3;2*3-4,6-7H,1-2H3;1H;;;;;/q7*-1;;;;;;;;;/i;;;;;;;;;;1T;;;;;. The zero-order valence-corrected chi connectivity index (χ0v) is 83.7. The van der Waals surface area contributed by atoms with Crippen molar-refractivity contribution in [1.82, 2.24) is 39.9 Å². The number of nitrogens with zero attached hydrogens (tertiary/aromatic N) is 8. The monoisotopic (exact) mass is 2640 g/mol. The molecule has 10 aromatic heterocycles. The molecule has 0 fully saturated rings. The number of para-hydroxylation sites is 1. The zero-order valence-electron chi connectivity index (χ0n) is 71.9. The Morgan fingerprint density at radius 1 is 0.377 bits per heavy atom. The van der Waals surface area contributed by atoms with Gasteiger partial charge in [0.2, 0.25) is 0 Å². The van der Waals surface area contributed by atoms with Crippen molar-refractivity contribution < 1.29 is 144 Å². The first-order valence-corrected chi connectivity index (χ1v) is 40.0. The van der Waals surface area contributed by atoms with Crippen molar-refractivity contribution in [2.24, 2.45) is 0 Å². The van der Waals surface area contributed by atoms with Crippen LogP contribution in [0.4, 0.5) is 0 Å². The third-order valence-corrected chi connectivity index (χ3v) is 18.6. The SMILES string of the molecule is CC(O)=CC(C)O.CC(O)=CC(C)O.CC(O)CC(C)O.Cc1cnc2c3[c-]cccc3c3ccccc3c2n1.O=c1oc2cccnc2c2[c-]cccc12.O=c1oc2cccnc2c2[c-]cccc12.O=c1oc2cccnc2c2[c-]cccc12.[3H][B].[Ir].[Ir].[Ir].[Ir].[Ir].[c-]1ccccc1-c1ccccn1.[c-]1ccccc1-c1ccccn1.[c-]1ccccc1-c1nc2ccccc2s1. The van der Waals surface area contributed by atoms with Crippen LogP contribution in [0.2, 0.25) is 0 Å². The summed E-state index contributed by atoms with van der Waals surface area (Å²) in [5.41, 5.74) is 11.5. The van der Waals surface area contributed by atoms with Gasteiger partial charge in [-0.3, -0.25) is 24.4 Å². The normalized spacial score (nSPS) is 11.3. The Morgan fingerprint density at radius 3 is 1.08 bits per heavy atom. The third kappa shape index (κ3) is 31.9. The van der Waals surface area contributed by atoms with E-state index >= 15 is 0 Å². The number of aliphatic hydroxyl groups is 6. The average molecular weight is 2630 g/mol. The van der Waals surface area contributed by atoms with E-state index in [1.807, 2.05) is 159 Å². The summed E-state index contributed by atoms with van der Waals surface area (Å²) < 4.78 is 21.9. The predicted molar refractivity (Wildman–Crippen MR) is 500 cm³/mol. The van der Waals surface area contributed by atoms with Gasteiger partial charge < -0.3 is 73.8 Å². The minimum Gasteiger partial charge on any atom is -0.513 e. The van der Waals surface area contributed by atoms with E-state index in [0.29, 0.717) is 72.0 Å². The van der Waals surface area contributed by atoms with E-state index in [-0.39, 0.29) is 141 Å². The number of thiazole rings is 1. The molecule has 0 aliphatic heterocycles. The van der Waals surface area contributed by atoms with Crippen LogP contribution in [-0.4, -0.2) is 105 Å². The Kier molecular flexibility index (Phi) is 46.2. The van der Waals surface area contributed by atoms with Gasteiger partial charge in [-0.2, -0.15) is 11.3 Å². The van der Waals surface area contributed by atoms with Gasteiger partial charge in [0, 0.05) is 178 Å². The number of hydrogen-bond acceptors (Lipinski definition) is 21. The number of aliphatic hydroxyl groups excluding tert-OH is 6. The number of allylic oxidation sites excluding steroid dienone is 2. The van der Waals surface area contributed by atoms with Gasteiger partial charge in [0.1, 0.15) is 16.7 Å². The van der Waals surface area contributed by atoms with Crippen LogP contribution in [0.5, 0.6) is 0 Å². The number of fused-ring (bicyclic) bond motifs is 16. The number of aryl methyl sites for hydroxylation is 1. The van der Waals surface area contributed by atoms with Gasteiger partial charge in [-0.15, -0.1) is 226 Å². The smallest absolute Gasteiger partial charge is 0.299 e. The average Bonchev–Trinajstić information content (AvgIpc) is 0.755. The molecule has 7 radical (unpaired) electrons. The van der Waals surface area contributed by atoms with Gasteiger partial charge in [0.25, 0.3) is 16.9 Å². The minimum absolute atomic E-state index is 0. The first-order chi connectivity index (χ1) is 61.2. The second kappa shape index (κ2) is 56.0. The Morgan fingerprint density at radius 2 is 0.723 bits per heavy atom. The Balaban J connectivity index is 0.000000260. The fourth-order valence-electron chi connectivity index (χ4n) is 12.3.